The SMILES string of the molecule is CC(C)(C[NH+]1CCCC1)NS(=O)(=O)c1ccc(Cl)cc1. The molecular weight excluding hydrogens is 296 g/mol. The fourth-order valence-corrected chi connectivity index (χ4v) is 4.29. The minimum Gasteiger partial charge on any atom is -0.333 e. The average Bonchev–Trinajstić information content (AvgIpc) is 2.79. The van der Waals surface area contributed by atoms with E-state index in [1.807, 2.05) is 13.8 Å². The Morgan fingerprint density at radius 2 is 1.75 bits per heavy atom. The summed E-state index contributed by atoms with van der Waals surface area (Å²) in [5.41, 5.74) is -0.460. The molecule has 1 aliphatic rings. The molecule has 0 aromatic heterocycles. The van der Waals surface area contributed by atoms with E-state index in [9.17, 15) is 8.42 Å². The van der Waals surface area contributed by atoms with Crippen LogP contribution >= 0.6 is 11.6 Å². The van der Waals surface area contributed by atoms with Gasteiger partial charge < -0.3 is 4.90 Å². The zero-order valence-electron chi connectivity index (χ0n) is 11.9. The lowest BCUT2D eigenvalue weighted by atomic mass is 10.1. The molecule has 20 heavy (non-hydrogen) atoms. The Labute approximate surface area is 126 Å². The average molecular weight is 318 g/mol. The maximum atomic E-state index is 12.4. The van der Waals surface area contributed by atoms with Gasteiger partial charge in [-0.15, -0.1) is 0 Å². The standard InChI is InChI=1S/C14H21ClN2O2S/c1-14(2,11-17-9-3-4-10-17)16-20(18,19)13-7-5-12(15)6-8-13/h5-8,16H,3-4,9-11H2,1-2H3/p+1. The van der Waals surface area contributed by atoms with E-state index in [-0.39, 0.29) is 4.90 Å². The molecule has 0 radical (unpaired) electrons. The van der Waals surface area contributed by atoms with Crippen molar-refractivity contribution in [2.75, 3.05) is 19.6 Å². The molecule has 112 valence electrons. The molecule has 0 unspecified atom stereocenters. The van der Waals surface area contributed by atoms with Crippen molar-refractivity contribution in [3.8, 4) is 0 Å². The number of nitrogens with one attached hydrogen (secondary N) is 2. The van der Waals surface area contributed by atoms with Crippen LogP contribution < -0.4 is 9.62 Å². The molecule has 0 aliphatic carbocycles. The summed E-state index contributed by atoms with van der Waals surface area (Å²) >= 11 is 5.79. The van der Waals surface area contributed by atoms with Gasteiger partial charge in [0.05, 0.1) is 30.1 Å². The highest BCUT2D eigenvalue weighted by molar-refractivity contribution is 7.89. The van der Waals surface area contributed by atoms with E-state index >= 15 is 0 Å². The molecule has 2 N–H and O–H groups in total. The van der Waals surface area contributed by atoms with E-state index in [1.54, 1.807) is 12.1 Å². The summed E-state index contributed by atoms with van der Waals surface area (Å²) in [4.78, 5) is 1.72. The summed E-state index contributed by atoms with van der Waals surface area (Å²) in [6.45, 7) is 6.94. The predicted octanol–water partition coefficient (Wildman–Crippen LogP) is 1.08. The van der Waals surface area contributed by atoms with Crippen LogP contribution in [0.25, 0.3) is 0 Å². The van der Waals surface area contributed by atoms with E-state index in [4.69, 9.17) is 11.6 Å². The van der Waals surface area contributed by atoms with Crippen LogP contribution in [0.15, 0.2) is 29.2 Å². The summed E-state index contributed by atoms with van der Waals surface area (Å²) in [6, 6.07) is 6.25. The summed E-state index contributed by atoms with van der Waals surface area (Å²) in [6.07, 6.45) is 2.46. The van der Waals surface area contributed by atoms with E-state index in [1.165, 1.54) is 29.9 Å². The molecule has 1 fully saturated rings. The normalized spacial score (nSPS) is 17.6. The quantitative estimate of drug-likeness (QED) is 0.853. The van der Waals surface area contributed by atoms with E-state index in [0.29, 0.717) is 5.02 Å². The third-order valence-corrected chi connectivity index (χ3v) is 5.50. The van der Waals surface area contributed by atoms with Gasteiger partial charge in [-0.25, -0.2) is 8.42 Å². The largest absolute Gasteiger partial charge is 0.333 e. The Balaban J connectivity index is 2.08. The summed E-state index contributed by atoms with van der Waals surface area (Å²) in [5, 5.41) is 0.532. The highest BCUT2D eigenvalue weighted by Crippen LogP contribution is 2.16. The van der Waals surface area contributed by atoms with Crippen LogP contribution in [-0.4, -0.2) is 33.6 Å². The zero-order valence-corrected chi connectivity index (χ0v) is 13.5. The zero-order chi connectivity index (χ0) is 14.8. The molecule has 1 aliphatic heterocycles. The molecular formula is C14H22ClN2O2S+. The van der Waals surface area contributed by atoms with Crippen LogP contribution in [0.4, 0.5) is 0 Å². The predicted molar refractivity (Wildman–Crippen MR) is 80.7 cm³/mol. The van der Waals surface area contributed by atoms with Gasteiger partial charge >= 0.3 is 0 Å². The van der Waals surface area contributed by atoms with Crippen LogP contribution in [0, 0.1) is 0 Å². The number of benzene rings is 1. The topological polar surface area (TPSA) is 50.6 Å². The fraction of sp³-hybridized carbons (Fsp3) is 0.571. The van der Waals surface area contributed by atoms with Gasteiger partial charge in [0, 0.05) is 17.9 Å². The molecule has 1 aromatic carbocycles. The minimum absolute atomic E-state index is 0.256. The van der Waals surface area contributed by atoms with Crippen molar-refractivity contribution >= 4 is 21.6 Å². The first-order valence-corrected chi connectivity index (χ1v) is 8.78. The number of hydrogen-bond donors (Lipinski definition) is 2. The lowest BCUT2D eigenvalue weighted by Gasteiger charge is -2.28. The van der Waals surface area contributed by atoms with Crippen molar-refractivity contribution in [3.05, 3.63) is 29.3 Å². The second-order valence-corrected chi connectivity index (χ2v) is 8.20. The number of halogens is 1. The first-order valence-electron chi connectivity index (χ1n) is 6.92. The molecule has 4 nitrogen and oxygen atoms in total. The minimum atomic E-state index is -3.50. The van der Waals surface area contributed by atoms with Crippen LogP contribution in [-0.2, 0) is 10.0 Å². The lowest BCUT2D eigenvalue weighted by Crippen LogP contribution is -3.12. The van der Waals surface area contributed by atoms with Gasteiger partial charge in [0.15, 0.2) is 0 Å². The van der Waals surface area contributed by atoms with Gasteiger partial charge in [-0.05, 0) is 38.1 Å². The second-order valence-electron chi connectivity index (χ2n) is 6.08. The monoisotopic (exact) mass is 317 g/mol. The molecule has 2 rings (SSSR count). The highest BCUT2D eigenvalue weighted by Gasteiger charge is 2.31. The fourth-order valence-electron chi connectivity index (χ4n) is 2.75. The third kappa shape index (κ3) is 4.19. The number of likely N-dealkylation sites (tertiary alicyclic amines) is 1. The van der Waals surface area contributed by atoms with Crippen LogP contribution in [0.1, 0.15) is 26.7 Å². The van der Waals surface area contributed by atoms with Gasteiger partial charge in [-0.2, -0.15) is 4.72 Å². The smallest absolute Gasteiger partial charge is 0.241 e. The van der Waals surface area contributed by atoms with Gasteiger partial charge in [-0.1, -0.05) is 11.6 Å². The Bertz CT molecular complexity index is 549. The van der Waals surface area contributed by atoms with Crippen LogP contribution in [0.2, 0.25) is 5.02 Å². The third-order valence-electron chi connectivity index (χ3n) is 3.54. The van der Waals surface area contributed by atoms with Crippen molar-refractivity contribution in [1.82, 2.24) is 4.72 Å². The number of sulfonamides is 1. The number of quaternary nitrogens is 1. The molecule has 0 amide bonds. The van der Waals surface area contributed by atoms with Gasteiger partial charge in [0.2, 0.25) is 10.0 Å². The molecule has 1 saturated heterocycles. The molecule has 0 bridgehead atoms. The van der Waals surface area contributed by atoms with Crippen LogP contribution in [0.3, 0.4) is 0 Å². The van der Waals surface area contributed by atoms with Crippen molar-refractivity contribution in [1.29, 1.82) is 0 Å². The number of rotatable bonds is 5. The summed E-state index contributed by atoms with van der Waals surface area (Å²) in [5.74, 6) is 0. The second kappa shape index (κ2) is 6.02. The van der Waals surface area contributed by atoms with Gasteiger partial charge in [0.1, 0.15) is 0 Å². The Kier molecular flexibility index (Phi) is 4.74. The molecule has 1 heterocycles. The molecule has 0 spiro atoms. The molecule has 0 atom stereocenters. The van der Waals surface area contributed by atoms with E-state index < -0.39 is 15.6 Å². The van der Waals surface area contributed by atoms with Gasteiger partial charge in [0.25, 0.3) is 0 Å². The molecule has 6 heteroatoms. The summed E-state index contributed by atoms with van der Waals surface area (Å²) in [7, 11) is -3.50. The Morgan fingerprint density at radius 1 is 1.20 bits per heavy atom. The maximum Gasteiger partial charge on any atom is 0.241 e. The molecule has 1 aromatic rings. The summed E-state index contributed by atoms with van der Waals surface area (Å²) < 4.78 is 27.5. The Morgan fingerprint density at radius 3 is 2.30 bits per heavy atom. The van der Waals surface area contributed by atoms with E-state index in [0.717, 1.165) is 19.6 Å². The van der Waals surface area contributed by atoms with Gasteiger partial charge in [-0.3, -0.25) is 0 Å². The number of hydrogen-bond acceptors (Lipinski definition) is 2. The van der Waals surface area contributed by atoms with E-state index in [2.05, 4.69) is 4.72 Å². The lowest BCUT2D eigenvalue weighted by molar-refractivity contribution is -0.890. The first kappa shape index (κ1) is 15.8. The first-order chi connectivity index (χ1) is 9.28. The maximum absolute atomic E-state index is 12.4. The van der Waals surface area contributed by atoms with Crippen molar-refractivity contribution < 1.29 is 13.3 Å². The van der Waals surface area contributed by atoms with Crippen LogP contribution in [0.5, 0.6) is 0 Å². The highest BCUT2D eigenvalue weighted by atomic mass is 35.5. The van der Waals surface area contributed by atoms with Crippen molar-refractivity contribution in [3.63, 3.8) is 0 Å². The van der Waals surface area contributed by atoms with Crippen molar-refractivity contribution in [2.45, 2.75) is 37.1 Å². The Hall–Kier alpha value is -0.620. The molecule has 0 saturated carbocycles. The van der Waals surface area contributed by atoms with Crippen molar-refractivity contribution in [2.24, 2.45) is 0 Å².